The van der Waals surface area contributed by atoms with E-state index in [1.807, 2.05) is 11.0 Å². The molecule has 0 radical (unpaired) electrons. The van der Waals surface area contributed by atoms with Crippen LogP contribution in [-0.2, 0) is 12.6 Å². The van der Waals surface area contributed by atoms with Gasteiger partial charge in [0.2, 0.25) is 5.13 Å². The van der Waals surface area contributed by atoms with Gasteiger partial charge < -0.3 is 4.90 Å². The topological polar surface area (TPSA) is 76.8 Å². The number of alkyl halides is 3. The number of carbonyl (C=O) groups is 1. The van der Waals surface area contributed by atoms with E-state index in [9.17, 15) is 22.4 Å². The third-order valence-electron chi connectivity index (χ3n) is 6.86. The second-order valence-electron chi connectivity index (χ2n) is 9.02. The van der Waals surface area contributed by atoms with Crippen molar-refractivity contribution in [3.8, 4) is 5.69 Å². The van der Waals surface area contributed by atoms with Gasteiger partial charge in [-0.1, -0.05) is 5.57 Å². The third kappa shape index (κ3) is 4.01. The first-order valence-electron chi connectivity index (χ1n) is 11.4. The molecule has 12 heteroatoms. The molecular formula is C25H18F4N6OS. The maximum absolute atomic E-state index is 14.1. The Balaban J connectivity index is 1.46. The molecule has 0 saturated carbocycles. The average molecular weight is 527 g/mol. The summed E-state index contributed by atoms with van der Waals surface area (Å²) in [5, 5.41) is 5.11. The van der Waals surface area contributed by atoms with Gasteiger partial charge in [-0.05, 0) is 60.9 Å². The molecule has 6 rings (SSSR count). The van der Waals surface area contributed by atoms with Crippen molar-refractivity contribution in [2.45, 2.75) is 19.0 Å². The molecule has 2 aliphatic rings. The predicted octanol–water partition coefficient (Wildman–Crippen LogP) is 5.00. The van der Waals surface area contributed by atoms with Gasteiger partial charge in [-0.3, -0.25) is 9.78 Å². The van der Waals surface area contributed by atoms with E-state index in [4.69, 9.17) is 0 Å². The number of ketones is 1. The Bertz CT molecular complexity index is 1510. The van der Waals surface area contributed by atoms with E-state index >= 15 is 0 Å². The summed E-state index contributed by atoms with van der Waals surface area (Å²) < 4.78 is 59.5. The fourth-order valence-electron chi connectivity index (χ4n) is 5.08. The van der Waals surface area contributed by atoms with Gasteiger partial charge in [-0.2, -0.15) is 22.6 Å². The van der Waals surface area contributed by atoms with Crippen molar-refractivity contribution in [2.75, 3.05) is 18.0 Å². The molecular weight excluding hydrogens is 508 g/mol. The zero-order valence-corrected chi connectivity index (χ0v) is 19.9. The molecule has 0 amide bonds. The Labute approximate surface area is 212 Å². The molecule has 1 saturated heterocycles. The number of carbonyl (C=O) groups excluding carboxylic acids is 1. The lowest BCUT2D eigenvalue weighted by Gasteiger charge is -2.45. The predicted molar refractivity (Wildman–Crippen MR) is 128 cm³/mol. The Kier molecular flexibility index (Phi) is 5.44. The lowest BCUT2D eigenvalue weighted by atomic mass is 9.65. The quantitative estimate of drug-likeness (QED) is 0.275. The zero-order valence-electron chi connectivity index (χ0n) is 19.1. The summed E-state index contributed by atoms with van der Waals surface area (Å²) in [6.45, 7) is 0.776. The van der Waals surface area contributed by atoms with Crippen molar-refractivity contribution in [1.29, 1.82) is 0 Å². The Morgan fingerprint density at radius 2 is 1.92 bits per heavy atom. The second-order valence-corrected chi connectivity index (χ2v) is 9.78. The second kappa shape index (κ2) is 8.58. The third-order valence-corrected chi connectivity index (χ3v) is 7.59. The molecule has 1 aliphatic heterocycles. The van der Waals surface area contributed by atoms with E-state index in [1.54, 1.807) is 23.0 Å². The van der Waals surface area contributed by atoms with Crippen LogP contribution in [0.15, 0.2) is 60.7 Å². The summed E-state index contributed by atoms with van der Waals surface area (Å²) in [6.07, 6.45) is 2.08. The number of pyridine rings is 1. The summed E-state index contributed by atoms with van der Waals surface area (Å²) >= 11 is 1.19. The fraction of sp³-hybridized carbons (Fsp3) is 0.240. The molecule has 4 heterocycles. The number of aromatic nitrogens is 5. The van der Waals surface area contributed by atoms with Crippen LogP contribution in [0.4, 0.5) is 22.7 Å². The molecule has 1 atom stereocenters. The zero-order chi connectivity index (χ0) is 25.8. The van der Waals surface area contributed by atoms with Crippen molar-refractivity contribution < 1.29 is 22.4 Å². The fourth-order valence-corrected chi connectivity index (χ4v) is 5.64. The summed E-state index contributed by atoms with van der Waals surface area (Å²) in [7, 11) is 0. The highest BCUT2D eigenvalue weighted by atomic mass is 32.1. The van der Waals surface area contributed by atoms with Crippen LogP contribution in [0.3, 0.4) is 0 Å². The van der Waals surface area contributed by atoms with Gasteiger partial charge in [0.15, 0.2) is 5.78 Å². The van der Waals surface area contributed by atoms with Crippen molar-refractivity contribution in [2.24, 2.45) is 5.41 Å². The van der Waals surface area contributed by atoms with Crippen molar-refractivity contribution >= 4 is 28.5 Å². The van der Waals surface area contributed by atoms with Crippen LogP contribution in [0.1, 0.15) is 33.7 Å². The van der Waals surface area contributed by atoms with Crippen LogP contribution in [-0.4, -0.2) is 43.0 Å². The van der Waals surface area contributed by atoms with Crippen LogP contribution in [0.2, 0.25) is 0 Å². The number of hydrogen-bond acceptors (Lipinski definition) is 7. The van der Waals surface area contributed by atoms with Gasteiger partial charge in [0.05, 0.1) is 28.6 Å². The first-order chi connectivity index (χ1) is 17.7. The van der Waals surface area contributed by atoms with Crippen LogP contribution in [0.5, 0.6) is 0 Å². The lowest BCUT2D eigenvalue weighted by Crippen LogP contribution is -2.52. The molecule has 4 aromatic rings. The molecule has 1 aromatic carbocycles. The van der Waals surface area contributed by atoms with E-state index in [0.29, 0.717) is 23.8 Å². The van der Waals surface area contributed by atoms with Crippen LogP contribution in [0, 0.1) is 11.2 Å². The van der Waals surface area contributed by atoms with E-state index in [0.717, 1.165) is 35.2 Å². The first kappa shape index (κ1) is 23.5. The summed E-state index contributed by atoms with van der Waals surface area (Å²) in [4.78, 5) is 24.3. The SMILES string of the molecule is O=C(c1cc(C(F)(F)F)ccn1)[C@]12Cc3cnn(-c4ccc(F)cc4)c3C=C1CCN(c1ncns1)C2. The number of halogens is 4. The van der Waals surface area contributed by atoms with Gasteiger partial charge >= 0.3 is 6.18 Å². The van der Waals surface area contributed by atoms with Gasteiger partial charge in [0.25, 0.3) is 0 Å². The highest BCUT2D eigenvalue weighted by Crippen LogP contribution is 2.47. The molecule has 0 spiro atoms. The van der Waals surface area contributed by atoms with E-state index < -0.39 is 22.9 Å². The molecule has 1 fully saturated rings. The van der Waals surface area contributed by atoms with Crippen molar-refractivity contribution in [3.63, 3.8) is 0 Å². The number of fused-ring (bicyclic) bond motifs is 2. The number of piperidine rings is 1. The van der Waals surface area contributed by atoms with E-state index in [1.165, 1.54) is 30.0 Å². The standard InChI is InChI=1S/C25H18F4N6OS/c26-18-1-3-19(4-2-18)35-21-10-16-6-8-34(23-31-14-33-37-23)13-24(16,11-15(21)12-32-35)22(36)20-9-17(5-7-30-20)25(27,28)29/h1-5,7,9-10,12,14H,6,8,11,13H2/t24-/m0/s1. The van der Waals surface area contributed by atoms with Gasteiger partial charge in [-0.15, -0.1) is 0 Å². The molecule has 0 unspecified atom stereocenters. The highest BCUT2D eigenvalue weighted by molar-refractivity contribution is 7.09. The van der Waals surface area contributed by atoms with Crippen LogP contribution in [0.25, 0.3) is 11.8 Å². The van der Waals surface area contributed by atoms with Gasteiger partial charge in [-0.25, -0.2) is 14.1 Å². The molecule has 0 bridgehead atoms. The number of hydrogen-bond donors (Lipinski definition) is 0. The Morgan fingerprint density at radius 1 is 1.11 bits per heavy atom. The van der Waals surface area contributed by atoms with Crippen molar-refractivity contribution in [3.05, 3.63) is 89.0 Å². The van der Waals surface area contributed by atoms with Crippen LogP contribution < -0.4 is 4.90 Å². The normalized spacial score (nSPS) is 19.2. The molecule has 3 aromatic heterocycles. The number of Topliss-reactive ketones (excluding diaryl/α,β-unsaturated/α-hetero) is 1. The smallest absolute Gasteiger partial charge is 0.345 e. The van der Waals surface area contributed by atoms with Crippen LogP contribution >= 0.6 is 11.5 Å². The van der Waals surface area contributed by atoms with Gasteiger partial charge in [0, 0.05) is 30.8 Å². The minimum absolute atomic E-state index is 0.214. The van der Waals surface area contributed by atoms with Crippen molar-refractivity contribution in [1.82, 2.24) is 24.1 Å². The minimum atomic E-state index is -4.60. The summed E-state index contributed by atoms with van der Waals surface area (Å²) in [5.74, 6) is -0.857. The Morgan fingerprint density at radius 3 is 2.65 bits per heavy atom. The van der Waals surface area contributed by atoms with Gasteiger partial charge in [0.1, 0.15) is 17.8 Å². The number of nitrogens with zero attached hydrogens (tertiary/aromatic N) is 6. The number of rotatable bonds is 4. The largest absolute Gasteiger partial charge is 0.416 e. The summed E-state index contributed by atoms with van der Waals surface area (Å²) in [5.41, 5.74) is 0.626. The Hall–Kier alpha value is -3.93. The molecule has 7 nitrogen and oxygen atoms in total. The maximum atomic E-state index is 14.1. The summed E-state index contributed by atoms with van der Waals surface area (Å²) in [6, 6.07) is 7.57. The first-order valence-corrected chi connectivity index (χ1v) is 12.2. The highest BCUT2D eigenvalue weighted by Gasteiger charge is 2.50. The molecule has 37 heavy (non-hydrogen) atoms. The number of benzene rings is 1. The monoisotopic (exact) mass is 526 g/mol. The minimum Gasteiger partial charge on any atom is -0.345 e. The van der Waals surface area contributed by atoms with E-state index in [2.05, 4.69) is 19.4 Å². The average Bonchev–Trinajstić information content (AvgIpc) is 3.57. The molecule has 0 N–H and O–H groups in total. The lowest BCUT2D eigenvalue weighted by molar-refractivity contribution is -0.137. The maximum Gasteiger partial charge on any atom is 0.416 e. The van der Waals surface area contributed by atoms with E-state index in [-0.39, 0.29) is 24.5 Å². The number of anilines is 1. The molecule has 1 aliphatic carbocycles. The molecule has 188 valence electrons.